The summed E-state index contributed by atoms with van der Waals surface area (Å²) in [6.45, 7) is 0.694. The molecule has 4 nitrogen and oxygen atoms in total. The zero-order chi connectivity index (χ0) is 14.2. The molecule has 0 atom stereocenters. The quantitative estimate of drug-likeness (QED) is 0.726. The highest BCUT2D eigenvalue weighted by Crippen LogP contribution is 2.30. The summed E-state index contributed by atoms with van der Waals surface area (Å²) in [5, 5.41) is 5.90. The molecule has 104 valence electrons. The Bertz CT molecular complexity index is 792. The van der Waals surface area contributed by atoms with Crippen LogP contribution < -0.4 is 4.90 Å². The predicted molar refractivity (Wildman–Crippen MR) is 81.6 cm³/mol. The van der Waals surface area contributed by atoms with Crippen LogP contribution in [0.15, 0.2) is 52.4 Å². The lowest BCUT2D eigenvalue weighted by molar-refractivity contribution is 0.0981. The number of thiophene rings is 1. The Kier molecular flexibility index (Phi) is 2.86. The smallest absolute Gasteiger partial charge is 0.280 e. The number of hydrogen-bond acceptors (Lipinski definition) is 4. The number of aromatic nitrogens is 1. The number of amides is 1. The van der Waals surface area contributed by atoms with Crippen molar-refractivity contribution in [2.24, 2.45) is 0 Å². The van der Waals surface area contributed by atoms with Gasteiger partial charge in [-0.1, -0.05) is 29.4 Å². The summed E-state index contributed by atoms with van der Waals surface area (Å²) in [5.74, 6) is 0.535. The van der Waals surface area contributed by atoms with Crippen molar-refractivity contribution in [3.8, 4) is 10.6 Å². The van der Waals surface area contributed by atoms with Crippen LogP contribution >= 0.6 is 11.3 Å². The maximum atomic E-state index is 12.6. The lowest BCUT2D eigenvalue weighted by Crippen LogP contribution is -2.29. The maximum Gasteiger partial charge on any atom is 0.280 e. The van der Waals surface area contributed by atoms with Crippen molar-refractivity contribution >= 4 is 22.9 Å². The summed E-state index contributed by atoms with van der Waals surface area (Å²) in [6, 6.07) is 13.6. The molecule has 1 aliphatic heterocycles. The molecule has 4 rings (SSSR count). The topological polar surface area (TPSA) is 46.3 Å². The van der Waals surface area contributed by atoms with E-state index in [-0.39, 0.29) is 5.91 Å². The number of fused-ring (bicyclic) bond motifs is 1. The fourth-order valence-corrected chi connectivity index (χ4v) is 3.27. The van der Waals surface area contributed by atoms with Gasteiger partial charge in [0.05, 0.1) is 4.88 Å². The average molecular weight is 296 g/mol. The summed E-state index contributed by atoms with van der Waals surface area (Å²) in [6.07, 6.45) is 0.886. The van der Waals surface area contributed by atoms with Gasteiger partial charge in [0.25, 0.3) is 5.91 Å². The molecule has 0 N–H and O–H groups in total. The van der Waals surface area contributed by atoms with E-state index < -0.39 is 0 Å². The van der Waals surface area contributed by atoms with Crippen molar-refractivity contribution < 1.29 is 9.32 Å². The van der Waals surface area contributed by atoms with E-state index in [9.17, 15) is 4.79 Å². The van der Waals surface area contributed by atoms with E-state index in [4.69, 9.17) is 4.52 Å². The van der Waals surface area contributed by atoms with Gasteiger partial charge in [0.15, 0.2) is 11.5 Å². The largest absolute Gasteiger partial charge is 0.355 e. The first kappa shape index (κ1) is 12.3. The molecule has 0 aliphatic carbocycles. The van der Waals surface area contributed by atoms with Gasteiger partial charge in [0, 0.05) is 18.3 Å². The van der Waals surface area contributed by atoms with Crippen LogP contribution in [0.1, 0.15) is 16.1 Å². The van der Waals surface area contributed by atoms with Gasteiger partial charge in [0.2, 0.25) is 0 Å². The summed E-state index contributed by atoms with van der Waals surface area (Å²) < 4.78 is 5.29. The number of hydrogen-bond donors (Lipinski definition) is 0. The molecule has 5 heteroatoms. The second-order valence-corrected chi connectivity index (χ2v) is 5.84. The summed E-state index contributed by atoms with van der Waals surface area (Å²) >= 11 is 1.56. The molecule has 0 radical (unpaired) electrons. The second-order valence-electron chi connectivity index (χ2n) is 4.89. The van der Waals surface area contributed by atoms with Gasteiger partial charge in [0.1, 0.15) is 0 Å². The monoisotopic (exact) mass is 296 g/mol. The molecule has 0 fully saturated rings. The molecule has 1 amide bonds. The Morgan fingerprint density at radius 3 is 3.00 bits per heavy atom. The van der Waals surface area contributed by atoms with Gasteiger partial charge >= 0.3 is 0 Å². The molecule has 2 aromatic heterocycles. The van der Waals surface area contributed by atoms with Crippen LogP contribution in [0, 0.1) is 0 Å². The van der Waals surface area contributed by atoms with Gasteiger partial charge in [-0.15, -0.1) is 11.3 Å². The molecular weight excluding hydrogens is 284 g/mol. The summed E-state index contributed by atoms with van der Waals surface area (Å²) in [4.78, 5) is 15.3. The van der Waals surface area contributed by atoms with Crippen LogP contribution in [-0.2, 0) is 6.42 Å². The minimum Gasteiger partial charge on any atom is -0.355 e. The van der Waals surface area contributed by atoms with E-state index in [1.54, 1.807) is 22.3 Å². The fraction of sp³-hybridized carbons (Fsp3) is 0.125. The molecule has 0 saturated heterocycles. The number of rotatable bonds is 2. The molecule has 1 aromatic carbocycles. The van der Waals surface area contributed by atoms with E-state index >= 15 is 0 Å². The highest BCUT2D eigenvalue weighted by Gasteiger charge is 2.27. The molecule has 0 saturated carbocycles. The van der Waals surface area contributed by atoms with Crippen molar-refractivity contribution in [1.82, 2.24) is 5.16 Å². The third-order valence-corrected chi connectivity index (χ3v) is 4.51. The highest BCUT2D eigenvalue weighted by atomic mass is 32.1. The summed E-state index contributed by atoms with van der Waals surface area (Å²) in [5.41, 5.74) is 2.53. The lowest BCUT2D eigenvalue weighted by Gasteiger charge is -2.15. The van der Waals surface area contributed by atoms with E-state index in [0.29, 0.717) is 18.0 Å². The van der Waals surface area contributed by atoms with Crippen molar-refractivity contribution in [2.45, 2.75) is 6.42 Å². The average Bonchev–Trinajstić information content (AvgIpc) is 3.25. The molecule has 0 unspecified atom stereocenters. The predicted octanol–water partition coefficient (Wildman–Crippen LogP) is 3.61. The molecule has 3 heterocycles. The van der Waals surface area contributed by atoms with Gasteiger partial charge in [-0.3, -0.25) is 4.79 Å². The van der Waals surface area contributed by atoms with Crippen molar-refractivity contribution in [2.75, 3.05) is 11.4 Å². The number of anilines is 1. The molecule has 21 heavy (non-hydrogen) atoms. The number of carbonyl (C=O) groups excluding carboxylic acids is 1. The van der Waals surface area contributed by atoms with Crippen molar-refractivity contribution in [3.05, 3.63) is 59.1 Å². The standard InChI is InChI=1S/C16H12N2O2S/c19-16(18-8-7-11-4-1-2-5-13(11)18)12-10-14(20-17-12)15-6-3-9-21-15/h1-6,9-10H,7-8H2. The van der Waals surface area contributed by atoms with E-state index in [0.717, 1.165) is 17.0 Å². The number of para-hydroxylation sites is 1. The van der Waals surface area contributed by atoms with E-state index in [2.05, 4.69) is 11.2 Å². The Balaban J connectivity index is 1.65. The lowest BCUT2D eigenvalue weighted by atomic mass is 10.2. The normalized spacial score (nSPS) is 13.4. The van der Waals surface area contributed by atoms with Gasteiger partial charge in [-0.05, 0) is 29.5 Å². The molecule has 3 aromatic rings. The molecule has 1 aliphatic rings. The SMILES string of the molecule is O=C(c1cc(-c2cccs2)on1)N1CCc2ccccc21. The third-order valence-electron chi connectivity index (χ3n) is 3.63. The molecular formula is C16H12N2O2S. The molecule has 0 spiro atoms. The van der Waals surface area contributed by atoms with Gasteiger partial charge < -0.3 is 9.42 Å². The van der Waals surface area contributed by atoms with Crippen LogP contribution in [0.25, 0.3) is 10.6 Å². The van der Waals surface area contributed by atoms with E-state index in [1.807, 2.05) is 35.7 Å². The first-order valence-electron chi connectivity index (χ1n) is 6.73. The zero-order valence-electron chi connectivity index (χ0n) is 11.2. The van der Waals surface area contributed by atoms with Crippen LogP contribution in [0.3, 0.4) is 0 Å². The van der Waals surface area contributed by atoms with Gasteiger partial charge in [-0.2, -0.15) is 0 Å². The first-order chi connectivity index (χ1) is 10.3. The van der Waals surface area contributed by atoms with Crippen molar-refractivity contribution in [1.29, 1.82) is 0 Å². The Morgan fingerprint density at radius 2 is 2.14 bits per heavy atom. The minimum absolute atomic E-state index is 0.105. The van der Waals surface area contributed by atoms with Crippen LogP contribution in [0.2, 0.25) is 0 Å². The molecule has 0 bridgehead atoms. The number of benzene rings is 1. The van der Waals surface area contributed by atoms with Crippen LogP contribution in [-0.4, -0.2) is 17.6 Å². The number of nitrogens with zero attached hydrogens (tertiary/aromatic N) is 2. The van der Waals surface area contributed by atoms with Gasteiger partial charge in [-0.25, -0.2) is 0 Å². The number of carbonyl (C=O) groups is 1. The highest BCUT2D eigenvalue weighted by molar-refractivity contribution is 7.13. The maximum absolute atomic E-state index is 12.6. The zero-order valence-corrected chi connectivity index (χ0v) is 12.0. The van der Waals surface area contributed by atoms with Crippen LogP contribution in [0.4, 0.5) is 5.69 Å². The second kappa shape index (κ2) is 4.86. The fourth-order valence-electron chi connectivity index (χ4n) is 2.60. The first-order valence-corrected chi connectivity index (χ1v) is 7.61. The Hall–Kier alpha value is -2.40. The van der Waals surface area contributed by atoms with Crippen LogP contribution in [0.5, 0.6) is 0 Å². The summed E-state index contributed by atoms with van der Waals surface area (Å²) in [7, 11) is 0. The Labute approximate surface area is 125 Å². The van der Waals surface area contributed by atoms with Crippen molar-refractivity contribution in [3.63, 3.8) is 0 Å². The minimum atomic E-state index is -0.105. The third kappa shape index (κ3) is 2.06. The van der Waals surface area contributed by atoms with E-state index in [1.165, 1.54) is 5.56 Å². The Morgan fingerprint density at radius 1 is 1.24 bits per heavy atom.